The van der Waals surface area contributed by atoms with Gasteiger partial charge in [0.15, 0.2) is 5.76 Å². The molecule has 3 heterocycles. The van der Waals surface area contributed by atoms with E-state index >= 15 is 0 Å². The van der Waals surface area contributed by atoms with Crippen LogP contribution in [0.25, 0.3) is 0 Å². The van der Waals surface area contributed by atoms with Crippen molar-refractivity contribution in [3.63, 3.8) is 0 Å². The van der Waals surface area contributed by atoms with Crippen molar-refractivity contribution >= 4 is 15.9 Å². The van der Waals surface area contributed by atoms with Crippen molar-refractivity contribution in [2.75, 3.05) is 33.3 Å². The number of hydrogen-bond acceptors (Lipinski definition) is 6. The maximum Gasteiger partial charge on any atom is 0.248 e. The number of nitrogens with zero attached hydrogens (tertiary/aromatic N) is 3. The Balaban J connectivity index is 1.43. The number of hydrogen-bond donors (Lipinski definition) is 0. The Morgan fingerprint density at radius 2 is 1.87 bits per heavy atom. The van der Waals surface area contributed by atoms with E-state index in [4.69, 9.17) is 9.26 Å². The van der Waals surface area contributed by atoms with E-state index in [1.165, 1.54) is 9.87 Å². The highest BCUT2D eigenvalue weighted by molar-refractivity contribution is 7.89. The summed E-state index contributed by atoms with van der Waals surface area (Å²) in [5.74, 6) is 1.12. The topological polar surface area (TPSA) is 93.0 Å². The zero-order valence-corrected chi connectivity index (χ0v) is 19.0. The Bertz CT molecular complexity index is 1030. The molecule has 9 heteroatoms. The summed E-state index contributed by atoms with van der Waals surface area (Å²) in [5, 5.41) is 3.78. The molecule has 4 rings (SSSR count). The van der Waals surface area contributed by atoms with E-state index in [9.17, 15) is 13.2 Å². The summed E-state index contributed by atoms with van der Waals surface area (Å²) >= 11 is 0. The van der Waals surface area contributed by atoms with Gasteiger partial charge in [0, 0.05) is 32.1 Å². The third-order valence-corrected chi connectivity index (χ3v) is 8.50. The summed E-state index contributed by atoms with van der Waals surface area (Å²) < 4.78 is 38.0. The number of methoxy groups -OCH3 is 1. The van der Waals surface area contributed by atoms with Crippen molar-refractivity contribution in [1.29, 1.82) is 0 Å². The minimum absolute atomic E-state index is 0.0506. The van der Waals surface area contributed by atoms with E-state index in [1.807, 2.05) is 17.0 Å². The van der Waals surface area contributed by atoms with E-state index in [0.29, 0.717) is 44.1 Å². The third kappa shape index (κ3) is 4.21. The first kappa shape index (κ1) is 21.8. The molecular formula is C22H29N3O5S. The first-order chi connectivity index (χ1) is 14.8. The molecule has 2 unspecified atom stereocenters. The lowest BCUT2D eigenvalue weighted by Gasteiger charge is -2.33. The van der Waals surface area contributed by atoms with Crippen molar-refractivity contribution in [1.82, 2.24) is 14.4 Å². The summed E-state index contributed by atoms with van der Waals surface area (Å²) in [5.41, 5.74) is 1.55. The number of likely N-dealkylation sites (tertiary alicyclic amines) is 1. The molecule has 2 aliphatic rings. The quantitative estimate of drug-likeness (QED) is 0.700. The van der Waals surface area contributed by atoms with Gasteiger partial charge in [-0.15, -0.1) is 0 Å². The monoisotopic (exact) mass is 447 g/mol. The third-order valence-electron chi connectivity index (χ3n) is 6.39. The molecule has 0 aliphatic carbocycles. The van der Waals surface area contributed by atoms with Crippen LogP contribution in [-0.2, 0) is 14.8 Å². The normalized spacial score (nSPS) is 22.6. The molecule has 8 nitrogen and oxygen atoms in total. The number of carbonyl (C=O) groups excluding carboxylic acids is 1. The molecule has 2 saturated heterocycles. The first-order valence-corrected chi connectivity index (χ1v) is 12.1. The summed E-state index contributed by atoms with van der Waals surface area (Å²) in [4.78, 5) is 15.2. The Hall–Kier alpha value is -2.39. The van der Waals surface area contributed by atoms with Crippen molar-refractivity contribution in [2.45, 2.75) is 43.9 Å². The first-order valence-electron chi connectivity index (χ1n) is 10.7. The number of ether oxygens (including phenoxy) is 1. The minimum Gasteiger partial charge on any atom is -0.497 e. The van der Waals surface area contributed by atoms with Crippen LogP contribution >= 0.6 is 0 Å². The zero-order chi connectivity index (χ0) is 22.2. The molecule has 1 amide bonds. The minimum atomic E-state index is -3.74. The van der Waals surface area contributed by atoms with Gasteiger partial charge in [0.25, 0.3) is 0 Å². The van der Waals surface area contributed by atoms with Crippen molar-refractivity contribution in [3.8, 4) is 5.75 Å². The number of aryl methyl sites for hydroxylation is 2. The SMILES string of the molecule is COc1ccc(C2CCN(C(=O)C3CCCN(S(=O)(=O)c4c(C)noc4C)C3)C2)cc1. The Labute approximate surface area is 183 Å². The van der Waals surface area contributed by atoms with Crippen LogP contribution in [0.5, 0.6) is 5.75 Å². The van der Waals surface area contributed by atoms with Gasteiger partial charge >= 0.3 is 0 Å². The lowest BCUT2D eigenvalue weighted by atomic mass is 9.97. The van der Waals surface area contributed by atoms with E-state index in [0.717, 1.165) is 12.2 Å². The van der Waals surface area contributed by atoms with Gasteiger partial charge in [-0.2, -0.15) is 4.31 Å². The van der Waals surface area contributed by atoms with Gasteiger partial charge < -0.3 is 14.2 Å². The number of sulfonamides is 1. The highest BCUT2D eigenvalue weighted by atomic mass is 32.2. The molecule has 0 spiro atoms. The molecular weight excluding hydrogens is 418 g/mol. The predicted octanol–water partition coefficient (Wildman–Crippen LogP) is 2.72. The molecule has 0 saturated carbocycles. The number of amides is 1. The lowest BCUT2D eigenvalue weighted by molar-refractivity contribution is -0.135. The highest BCUT2D eigenvalue weighted by Gasteiger charge is 2.39. The fourth-order valence-corrected chi connectivity index (χ4v) is 6.52. The molecule has 0 N–H and O–H groups in total. The molecule has 2 atom stereocenters. The maximum absolute atomic E-state index is 13.2. The Morgan fingerprint density at radius 1 is 1.13 bits per heavy atom. The van der Waals surface area contributed by atoms with Gasteiger partial charge in [-0.25, -0.2) is 8.42 Å². The Morgan fingerprint density at radius 3 is 2.52 bits per heavy atom. The second kappa shape index (κ2) is 8.63. The summed E-state index contributed by atoms with van der Waals surface area (Å²) in [6.07, 6.45) is 2.27. The molecule has 2 aliphatic heterocycles. The van der Waals surface area contributed by atoms with Gasteiger partial charge in [-0.1, -0.05) is 17.3 Å². The van der Waals surface area contributed by atoms with Crippen LogP contribution in [0.15, 0.2) is 33.7 Å². The molecule has 31 heavy (non-hydrogen) atoms. The lowest BCUT2D eigenvalue weighted by Crippen LogP contribution is -2.46. The van der Waals surface area contributed by atoms with Gasteiger partial charge in [0.1, 0.15) is 16.3 Å². The van der Waals surface area contributed by atoms with Crippen molar-refractivity contribution < 1.29 is 22.5 Å². The van der Waals surface area contributed by atoms with E-state index in [-0.39, 0.29) is 29.0 Å². The molecule has 1 aromatic carbocycles. The summed E-state index contributed by atoms with van der Waals surface area (Å²) in [7, 11) is -2.09. The molecule has 0 radical (unpaired) electrons. The van der Waals surface area contributed by atoms with Gasteiger partial charge in [-0.3, -0.25) is 4.79 Å². The largest absolute Gasteiger partial charge is 0.497 e. The van der Waals surface area contributed by atoms with E-state index in [2.05, 4.69) is 17.3 Å². The molecule has 1 aromatic heterocycles. The fraction of sp³-hybridized carbons (Fsp3) is 0.545. The van der Waals surface area contributed by atoms with Crippen LogP contribution in [0, 0.1) is 19.8 Å². The number of piperidine rings is 1. The van der Waals surface area contributed by atoms with Gasteiger partial charge in [0.05, 0.1) is 13.0 Å². The van der Waals surface area contributed by atoms with Crippen molar-refractivity contribution in [2.24, 2.45) is 5.92 Å². The number of rotatable bonds is 5. The molecule has 0 bridgehead atoms. The van der Waals surface area contributed by atoms with Crippen LogP contribution in [0.3, 0.4) is 0 Å². The van der Waals surface area contributed by atoms with E-state index in [1.54, 1.807) is 21.0 Å². The van der Waals surface area contributed by atoms with Crippen LogP contribution in [-0.4, -0.2) is 62.0 Å². The molecule has 2 fully saturated rings. The predicted molar refractivity (Wildman–Crippen MR) is 114 cm³/mol. The van der Waals surface area contributed by atoms with Crippen LogP contribution in [0.2, 0.25) is 0 Å². The van der Waals surface area contributed by atoms with Crippen LogP contribution in [0.4, 0.5) is 0 Å². The standard InChI is InChI=1S/C22H29N3O5S/c1-15-21(16(2)30-23-15)31(27,28)25-11-4-5-19(14-25)22(26)24-12-10-18(13-24)17-6-8-20(29-3)9-7-17/h6-9,18-19H,4-5,10-14H2,1-3H3. The van der Waals surface area contributed by atoms with Crippen LogP contribution < -0.4 is 4.74 Å². The number of aromatic nitrogens is 1. The van der Waals surface area contributed by atoms with Crippen LogP contribution in [0.1, 0.15) is 42.2 Å². The molecule has 2 aromatic rings. The van der Waals surface area contributed by atoms with Crippen molar-refractivity contribution in [3.05, 3.63) is 41.3 Å². The smallest absolute Gasteiger partial charge is 0.248 e. The average molecular weight is 448 g/mol. The summed E-state index contributed by atoms with van der Waals surface area (Å²) in [6, 6.07) is 7.99. The zero-order valence-electron chi connectivity index (χ0n) is 18.2. The fourth-order valence-electron chi connectivity index (χ4n) is 4.70. The number of benzene rings is 1. The average Bonchev–Trinajstić information content (AvgIpc) is 3.40. The molecule has 168 valence electrons. The van der Waals surface area contributed by atoms with Gasteiger partial charge in [0.2, 0.25) is 15.9 Å². The number of carbonyl (C=O) groups is 1. The Kier molecular flexibility index (Phi) is 6.07. The van der Waals surface area contributed by atoms with Gasteiger partial charge in [-0.05, 0) is 50.8 Å². The second-order valence-corrected chi connectivity index (χ2v) is 10.3. The second-order valence-electron chi connectivity index (χ2n) is 8.40. The highest BCUT2D eigenvalue weighted by Crippen LogP contribution is 2.32. The summed E-state index contributed by atoms with van der Waals surface area (Å²) in [6.45, 7) is 5.20. The van der Waals surface area contributed by atoms with E-state index < -0.39 is 10.0 Å². The maximum atomic E-state index is 13.2.